The first-order valence-electron chi connectivity index (χ1n) is 8.38. The van der Waals surface area contributed by atoms with Crippen molar-refractivity contribution in [3.05, 3.63) is 53.6 Å². The topological polar surface area (TPSA) is 83.8 Å². The first kappa shape index (κ1) is 18.5. The van der Waals surface area contributed by atoms with Gasteiger partial charge in [0.1, 0.15) is 11.3 Å². The van der Waals surface area contributed by atoms with E-state index in [0.29, 0.717) is 17.7 Å². The Labute approximate surface area is 146 Å². The zero-order chi connectivity index (χ0) is 18.2. The van der Waals surface area contributed by atoms with E-state index in [0.717, 1.165) is 25.7 Å². The molecule has 0 bridgehead atoms. The molecule has 2 aromatic carbocycles. The number of carbonyl (C=O) groups is 2. The van der Waals surface area contributed by atoms with Crippen LogP contribution < -0.4 is 4.74 Å². The van der Waals surface area contributed by atoms with Crippen LogP contribution in [0.1, 0.15) is 53.3 Å². The molecule has 0 radical (unpaired) electrons. The third kappa shape index (κ3) is 4.59. The smallest absolute Gasteiger partial charge is 0.340 e. The van der Waals surface area contributed by atoms with Crippen molar-refractivity contribution in [3.8, 4) is 16.9 Å². The van der Waals surface area contributed by atoms with Gasteiger partial charge in [-0.25, -0.2) is 9.59 Å². The minimum atomic E-state index is -1.14. The fourth-order valence-electron chi connectivity index (χ4n) is 2.71. The lowest BCUT2D eigenvalue weighted by Crippen LogP contribution is -2.08. The Morgan fingerprint density at radius 1 is 0.880 bits per heavy atom. The lowest BCUT2D eigenvalue weighted by atomic mass is 9.95. The Morgan fingerprint density at radius 3 is 2.28 bits per heavy atom. The van der Waals surface area contributed by atoms with Crippen LogP contribution in [0, 0.1) is 0 Å². The molecule has 0 fully saturated rings. The average molecular weight is 342 g/mol. The standard InChI is InChI=1S/C20H22O5/c1-2-3-4-7-13-25-17-12-8-11-15(18(17)20(23)24)14-9-5-6-10-16(14)19(21)22/h5-6,8-12H,2-4,7,13H2,1H3,(H,21,22)(H,23,24). The lowest BCUT2D eigenvalue weighted by Gasteiger charge is -2.14. The van der Waals surface area contributed by atoms with Gasteiger partial charge in [0.15, 0.2) is 0 Å². The third-order valence-electron chi connectivity index (χ3n) is 3.94. The maximum atomic E-state index is 11.8. The van der Waals surface area contributed by atoms with Crippen LogP contribution in [-0.4, -0.2) is 28.8 Å². The van der Waals surface area contributed by atoms with Gasteiger partial charge < -0.3 is 14.9 Å². The van der Waals surface area contributed by atoms with E-state index in [4.69, 9.17) is 4.74 Å². The summed E-state index contributed by atoms with van der Waals surface area (Å²) < 4.78 is 5.68. The van der Waals surface area contributed by atoms with Crippen molar-refractivity contribution in [1.29, 1.82) is 0 Å². The van der Waals surface area contributed by atoms with E-state index in [-0.39, 0.29) is 16.9 Å². The van der Waals surface area contributed by atoms with Crippen LogP contribution in [0.25, 0.3) is 11.1 Å². The van der Waals surface area contributed by atoms with Crippen LogP contribution in [0.2, 0.25) is 0 Å². The van der Waals surface area contributed by atoms with E-state index in [1.165, 1.54) is 6.07 Å². The second-order valence-electron chi connectivity index (χ2n) is 5.74. The normalized spacial score (nSPS) is 10.4. The molecule has 0 saturated carbocycles. The van der Waals surface area contributed by atoms with Crippen LogP contribution >= 0.6 is 0 Å². The summed E-state index contributed by atoms with van der Waals surface area (Å²) in [6.45, 7) is 2.55. The number of benzene rings is 2. The molecular formula is C20H22O5. The highest BCUT2D eigenvalue weighted by Crippen LogP contribution is 2.33. The highest BCUT2D eigenvalue weighted by molar-refractivity contribution is 6.03. The molecule has 5 heteroatoms. The molecule has 0 atom stereocenters. The summed E-state index contributed by atoms with van der Waals surface area (Å²) in [6, 6.07) is 11.3. The molecule has 2 aromatic rings. The number of aromatic carboxylic acids is 2. The van der Waals surface area contributed by atoms with Crippen molar-refractivity contribution < 1.29 is 24.5 Å². The van der Waals surface area contributed by atoms with Gasteiger partial charge in [0, 0.05) is 5.56 Å². The second kappa shape index (κ2) is 8.87. The molecule has 0 aromatic heterocycles. The Morgan fingerprint density at radius 2 is 1.60 bits per heavy atom. The fourth-order valence-corrected chi connectivity index (χ4v) is 2.71. The van der Waals surface area contributed by atoms with Crippen molar-refractivity contribution in [2.45, 2.75) is 32.6 Å². The van der Waals surface area contributed by atoms with Crippen molar-refractivity contribution in [2.75, 3.05) is 6.61 Å². The SMILES string of the molecule is CCCCCCOc1cccc(-c2ccccc2C(=O)O)c1C(=O)O. The van der Waals surface area contributed by atoms with Crippen molar-refractivity contribution in [1.82, 2.24) is 0 Å². The number of rotatable bonds is 9. The molecule has 0 spiro atoms. The molecule has 0 amide bonds. The third-order valence-corrected chi connectivity index (χ3v) is 3.94. The van der Waals surface area contributed by atoms with Crippen LogP contribution in [0.15, 0.2) is 42.5 Å². The Kier molecular flexibility index (Phi) is 6.57. The number of unbranched alkanes of at least 4 members (excludes halogenated alkanes) is 3. The molecule has 0 heterocycles. The maximum Gasteiger partial charge on any atom is 0.340 e. The molecule has 0 aliphatic rings. The van der Waals surface area contributed by atoms with Gasteiger partial charge >= 0.3 is 11.9 Å². The maximum absolute atomic E-state index is 11.8. The lowest BCUT2D eigenvalue weighted by molar-refractivity contribution is 0.0681. The summed E-state index contributed by atoms with van der Waals surface area (Å²) in [5.41, 5.74) is 0.761. The van der Waals surface area contributed by atoms with Gasteiger partial charge in [0.05, 0.1) is 12.2 Å². The van der Waals surface area contributed by atoms with Gasteiger partial charge in [-0.15, -0.1) is 0 Å². The van der Waals surface area contributed by atoms with Gasteiger partial charge in [-0.2, -0.15) is 0 Å². The highest BCUT2D eigenvalue weighted by Gasteiger charge is 2.21. The predicted octanol–water partition coefficient (Wildman–Crippen LogP) is 4.71. The Bertz CT molecular complexity index is 752. The van der Waals surface area contributed by atoms with Gasteiger partial charge in [-0.3, -0.25) is 0 Å². The highest BCUT2D eigenvalue weighted by atomic mass is 16.5. The van der Waals surface area contributed by atoms with Crippen molar-refractivity contribution in [2.24, 2.45) is 0 Å². The summed E-state index contributed by atoms with van der Waals surface area (Å²) in [4.78, 5) is 23.3. The number of ether oxygens (including phenoxy) is 1. The minimum Gasteiger partial charge on any atom is -0.493 e. The summed E-state index contributed by atoms with van der Waals surface area (Å²) >= 11 is 0. The van der Waals surface area contributed by atoms with Crippen LogP contribution in [0.3, 0.4) is 0 Å². The first-order valence-corrected chi connectivity index (χ1v) is 8.38. The molecule has 132 valence electrons. The monoisotopic (exact) mass is 342 g/mol. The summed E-state index contributed by atoms with van der Waals surface area (Å²) in [5, 5.41) is 19.0. The summed E-state index contributed by atoms with van der Waals surface area (Å²) in [7, 11) is 0. The van der Waals surface area contributed by atoms with Crippen LogP contribution in [0.5, 0.6) is 5.75 Å². The summed E-state index contributed by atoms with van der Waals surface area (Å²) in [5.74, 6) is -1.97. The second-order valence-corrected chi connectivity index (χ2v) is 5.74. The van der Waals surface area contributed by atoms with E-state index in [1.54, 1.807) is 36.4 Å². The molecule has 5 nitrogen and oxygen atoms in total. The van der Waals surface area contributed by atoms with E-state index < -0.39 is 11.9 Å². The van der Waals surface area contributed by atoms with Crippen molar-refractivity contribution >= 4 is 11.9 Å². The largest absolute Gasteiger partial charge is 0.493 e. The minimum absolute atomic E-state index is 0.00769. The first-order chi connectivity index (χ1) is 12.1. The van der Waals surface area contributed by atoms with E-state index in [2.05, 4.69) is 6.92 Å². The summed E-state index contributed by atoms with van der Waals surface area (Å²) in [6.07, 6.45) is 4.10. The Balaban J connectivity index is 2.38. The van der Waals surface area contributed by atoms with Crippen LogP contribution in [-0.2, 0) is 0 Å². The number of hydrogen-bond acceptors (Lipinski definition) is 3. The predicted molar refractivity (Wildman–Crippen MR) is 95.4 cm³/mol. The van der Waals surface area contributed by atoms with E-state index >= 15 is 0 Å². The molecule has 0 aliphatic heterocycles. The Hall–Kier alpha value is -2.82. The molecular weight excluding hydrogens is 320 g/mol. The molecule has 2 N–H and O–H groups in total. The van der Waals surface area contributed by atoms with Crippen LogP contribution in [0.4, 0.5) is 0 Å². The van der Waals surface area contributed by atoms with Crippen molar-refractivity contribution in [3.63, 3.8) is 0 Å². The van der Waals surface area contributed by atoms with E-state index in [9.17, 15) is 19.8 Å². The number of hydrogen-bond donors (Lipinski definition) is 2. The van der Waals surface area contributed by atoms with E-state index in [1.807, 2.05) is 0 Å². The van der Waals surface area contributed by atoms with Gasteiger partial charge in [0.25, 0.3) is 0 Å². The van der Waals surface area contributed by atoms with Gasteiger partial charge in [0.2, 0.25) is 0 Å². The zero-order valence-electron chi connectivity index (χ0n) is 14.2. The zero-order valence-corrected chi connectivity index (χ0v) is 14.2. The fraction of sp³-hybridized carbons (Fsp3) is 0.300. The van der Waals surface area contributed by atoms with Gasteiger partial charge in [-0.05, 0) is 24.1 Å². The molecule has 2 rings (SSSR count). The van der Waals surface area contributed by atoms with Gasteiger partial charge in [-0.1, -0.05) is 56.5 Å². The average Bonchev–Trinajstić information content (AvgIpc) is 2.61. The molecule has 0 saturated heterocycles. The molecule has 25 heavy (non-hydrogen) atoms. The molecule has 0 unspecified atom stereocenters. The quantitative estimate of drug-likeness (QED) is 0.645. The molecule has 0 aliphatic carbocycles. The number of carboxylic acids is 2. The number of carboxylic acid groups (broad SMARTS) is 2.